The van der Waals surface area contributed by atoms with E-state index < -0.39 is 18.2 Å². The van der Waals surface area contributed by atoms with E-state index in [0.29, 0.717) is 12.8 Å². The minimum Gasteiger partial charge on any atom is -0.394 e. The van der Waals surface area contributed by atoms with Crippen LogP contribution in [-0.2, 0) is 4.79 Å². The zero-order valence-corrected chi connectivity index (χ0v) is 30.5. The highest BCUT2D eigenvalue weighted by Gasteiger charge is 2.26. The molecule has 0 aliphatic carbocycles. The highest BCUT2D eigenvalue weighted by Crippen LogP contribution is 2.16. The van der Waals surface area contributed by atoms with Gasteiger partial charge in [-0.05, 0) is 12.8 Å². The zero-order chi connectivity index (χ0) is 33.1. The van der Waals surface area contributed by atoms with E-state index in [2.05, 4.69) is 19.2 Å². The Morgan fingerprint density at radius 1 is 0.467 bits per heavy atom. The molecule has 0 saturated heterocycles. The highest BCUT2D eigenvalue weighted by molar-refractivity contribution is 5.76. The first-order chi connectivity index (χ1) is 22.1. The van der Waals surface area contributed by atoms with Crippen molar-refractivity contribution in [1.82, 2.24) is 5.32 Å². The Bertz CT molecular complexity index is 587. The number of carbonyl (C=O) groups is 1. The Labute approximate surface area is 281 Å². The zero-order valence-electron chi connectivity index (χ0n) is 30.5. The number of carbonyl (C=O) groups excluding carboxylic acids is 1. The number of nitrogens with one attached hydrogen (secondary N) is 1. The highest BCUT2D eigenvalue weighted by atomic mass is 16.3. The van der Waals surface area contributed by atoms with E-state index in [4.69, 9.17) is 0 Å². The molecular weight excluding hydrogens is 558 g/mol. The smallest absolute Gasteiger partial charge is 0.220 e. The molecule has 0 bridgehead atoms. The maximum atomic E-state index is 12.4. The van der Waals surface area contributed by atoms with Crippen LogP contribution in [0.25, 0.3) is 0 Å². The van der Waals surface area contributed by atoms with Crippen molar-refractivity contribution in [2.45, 2.75) is 244 Å². The molecule has 0 aliphatic rings. The summed E-state index contributed by atoms with van der Waals surface area (Å²) in [5, 5.41) is 33.4. The van der Waals surface area contributed by atoms with Crippen molar-refractivity contribution in [1.29, 1.82) is 0 Å². The van der Waals surface area contributed by atoms with Crippen LogP contribution in [0.4, 0.5) is 0 Å². The summed E-state index contributed by atoms with van der Waals surface area (Å²) in [4.78, 5) is 12.4. The Morgan fingerprint density at radius 2 is 0.756 bits per heavy atom. The number of aliphatic hydroxyl groups excluding tert-OH is 3. The molecule has 0 radical (unpaired) electrons. The number of hydrogen-bond donors (Lipinski definition) is 4. The van der Waals surface area contributed by atoms with E-state index in [-0.39, 0.29) is 12.5 Å². The number of rotatable bonds is 37. The lowest BCUT2D eigenvalue weighted by Crippen LogP contribution is -2.50. The van der Waals surface area contributed by atoms with E-state index in [0.717, 1.165) is 32.1 Å². The molecule has 1 amide bonds. The molecule has 0 saturated carbocycles. The van der Waals surface area contributed by atoms with Crippen LogP contribution in [0, 0.1) is 0 Å². The second-order valence-electron chi connectivity index (χ2n) is 14.2. The van der Waals surface area contributed by atoms with Crippen molar-refractivity contribution >= 4 is 5.91 Å². The van der Waals surface area contributed by atoms with Gasteiger partial charge >= 0.3 is 0 Å². The molecule has 0 spiro atoms. The predicted molar refractivity (Wildman–Crippen MR) is 195 cm³/mol. The van der Waals surface area contributed by atoms with Gasteiger partial charge in [-0.3, -0.25) is 4.79 Å². The van der Waals surface area contributed by atoms with Gasteiger partial charge < -0.3 is 20.6 Å². The maximum Gasteiger partial charge on any atom is 0.220 e. The lowest BCUT2D eigenvalue weighted by atomic mass is 9.99. The van der Waals surface area contributed by atoms with Gasteiger partial charge in [-0.25, -0.2) is 0 Å². The van der Waals surface area contributed by atoms with Gasteiger partial charge in [-0.15, -0.1) is 0 Å². The van der Waals surface area contributed by atoms with E-state index in [1.165, 1.54) is 167 Å². The Kier molecular flexibility index (Phi) is 35.7. The molecular formula is C40H81NO4. The fraction of sp³-hybridized carbons (Fsp3) is 0.975. The molecule has 3 atom stereocenters. The molecule has 0 fully saturated rings. The molecule has 0 aromatic carbocycles. The second-order valence-corrected chi connectivity index (χ2v) is 14.2. The van der Waals surface area contributed by atoms with Crippen LogP contribution < -0.4 is 5.32 Å². The van der Waals surface area contributed by atoms with Crippen molar-refractivity contribution in [3.05, 3.63) is 0 Å². The number of hydrogen-bond acceptors (Lipinski definition) is 4. The van der Waals surface area contributed by atoms with Gasteiger partial charge in [-0.2, -0.15) is 0 Å². The SMILES string of the molecule is CCCCCCCCCCCCCCCCCCCC(=O)N[C@@H](CO)[C@H](O)[C@H](O)CCCCCCCCCCCCCCCC. The lowest BCUT2D eigenvalue weighted by Gasteiger charge is -2.26. The molecule has 5 heteroatoms. The molecule has 45 heavy (non-hydrogen) atoms. The standard InChI is InChI=1S/C40H81NO4/c1-3-5-7-9-11-13-15-17-19-20-21-23-25-27-29-31-33-35-39(44)41-37(36-42)40(45)38(43)34-32-30-28-26-24-22-18-16-14-12-10-8-6-4-2/h37-38,40,42-43,45H,3-36H2,1-2H3,(H,41,44)/t37-,38+,40-/m0/s1. The van der Waals surface area contributed by atoms with Crippen LogP contribution in [0.2, 0.25) is 0 Å². The summed E-state index contributed by atoms with van der Waals surface area (Å²) in [7, 11) is 0. The molecule has 0 unspecified atom stereocenters. The Hall–Kier alpha value is -0.650. The van der Waals surface area contributed by atoms with Gasteiger partial charge in [0.15, 0.2) is 0 Å². The quantitative estimate of drug-likeness (QED) is 0.0509. The first kappa shape index (κ1) is 44.4. The molecule has 0 rings (SSSR count). The fourth-order valence-electron chi connectivity index (χ4n) is 6.52. The van der Waals surface area contributed by atoms with Crippen molar-refractivity contribution < 1.29 is 20.1 Å². The van der Waals surface area contributed by atoms with Crippen molar-refractivity contribution in [3.63, 3.8) is 0 Å². The molecule has 0 aliphatic heterocycles. The largest absolute Gasteiger partial charge is 0.394 e. The van der Waals surface area contributed by atoms with Gasteiger partial charge in [0.1, 0.15) is 6.10 Å². The van der Waals surface area contributed by atoms with Gasteiger partial charge in [0.2, 0.25) is 5.91 Å². The number of unbranched alkanes of at least 4 members (excludes halogenated alkanes) is 29. The predicted octanol–water partition coefficient (Wildman–Crippen LogP) is 11.1. The van der Waals surface area contributed by atoms with Crippen LogP contribution in [-0.4, -0.2) is 46.1 Å². The van der Waals surface area contributed by atoms with Crippen LogP contribution in [0.1, 0.15) is 226 Å². The van der Waals surface area contributed by atoms with E-state index >= 15 is 0 Å². The van der Waals surface area contributed by atoms with Gasteiger partial charge in [0.25, 0.3) is 0 Å². The third kappa shape index (κ3) is 31.7. The summed E-state index contributed by atoms with van der Waals surface area (Å²) >= 11 is 0. The van der Waals surface area contributed by atoms with Crippen LogP contribution >= 0.6 is 0 Å². The van der Waals surface area contributed by atoms with E-state index in [9.17, 15) is 20.1 Å². The van der Waals surface area contributed by atoms with Gasteiger partial charge in [-0.1, -0.05) is 206 Å². The van der Waals surface area contributed by atoms with Crippen molar-refractivity contribution in [3.8, 4) is 0 Å². The molecule has 5 nitrogen and oxygen atoms in total. The Balaban J connectivity index is 3.61. The third-order valence-electron chi connectivity index (χ3n) is 9.71. The second kappa shape index (κ2) is 36.2. The minimum atomic E-state index is -1.13. The monoisotopic (exact) mass is 640 g/mol. The maximum absolute atomic E-state index is 12.4. The summed E-state index contributed by atoms with van der Waals surface area (Å²) in [5.74, 6) is -0.141. The molecule has 0 aromatic heterocycles. The Morgan fingerprint density at radius 3 is 1.07 bits per heavy atom. The summed E-state index contributed by atoms with van der Waals surface area (Å²) in [6.45, 7) is 4.18. The topological polar surface area (TPSA) is 89.8 Å². The summed E-state index contributed by atoms with van der Waals surface area (Å²) in [6, 6.07) is -0.801. The first-order valence-electron chi connectivity index (χ1n) is 20.3. The van der Waals surface area contributed by atoms with Crippen LogP contribution in [0.3, 0.4) is 0 Å². The average molecular weight is 640 g/mol. The number of amides is 1. The molecule has 0 aromatic rings. The number of aliphatic hydroxyl groups is 3. The van der Waals surface area contributed by atoms with E-state index in [1.807, 2.05) is 0 Å². The third-order valence-corrected chi connectivity index (χ3v) is 9.71. The minimum absolute atomic E-state index is 0.141. The van der Waals surface area contributed by atoms with Crippen molar-refractivity contribution in [2.75, 3.05) is 6.61 Å². The van der Waals surface area contributed by atoms with Gasteiger partial charge in [0.05, 0.1) is 18.8 Å². The van der Waals surface area contributed by atoms with Gasteiger partial charge in [0, 0.05) is 6.42 Å². The first-order valence-corrected chi connectivity index (χ1v) is 20.3. The van der Waals surface area contributed by atoms with E-state index in [1.54, 1.807) is 0 Å². The summed E-state index contributed by atoms with van der Waals surface area (Å²) < 4.78 is 0. The van der Waals surface area contributed by atoms with Crippen molar-refractivity contribution in [2.24, 2.45) is 0 Å². The molecule has 4 N–H and O–H groups in total. The summed E-state index contributed by atoms with van der Waals surface area (Å²) in [6.07, 6.45) is 39.1. The average Bonchev–Trinajstić information content (AvgIpc) is 3.04. The fourth-order valence-corrected chi connectivity index (χ4v) is 6.52. The molecule has 0 heterocycles. The van der Waals surface area contributed by atoms with Crippen LogP contribution in [0.5, 0.6) is 0 Å². The normalized spacial score (nSPS) is 13.6. The van der Waals surface area contributed by atoms with Crippen LogP contribution in [0.15, 0.2) is 0 Å². The lowest BCUT2D eigenvalue weighted by molar-refractivity contribution is -0.124. The summed E-state index contributed by atoms with van der Waals surface area (Å²) in [5.41, 5.74) is 0. The molecule has 270 valence electrons.